The first-order valence-corrected chi connectivity index (χ1v) is 6.44. The SMILES string of the molecule is O=C=Nc1ccc(C(=O)NCCS(=O)(=O)O)cc1. The molecule has 1 aromatic carbocycles. The van der Waals surface area contributed by atoms with Gasteiger partial charge in [-0.3, -0.25) is 9.35 Å². The number of benzene rings is 1. The van der Waals surface area contributed by atoms with Crippen LogP contribution < -0.4 is 5.32 Å². The number of nitrogens with zero attached hydrogens (tertiary/aromatic N) is 1. The smallest absolute Gasteiger partial charge is 0.266 e. The van der Waals surface area contributed by atoms with Crippen LogP contribution in [-0.2, 0) is 14.9 Å². The molecule has 18 heavy (non-hydrogen) atoms. The van der Waals surface area contributed by atoms with Gasteiger partial charge in [-0.15, -0.1) is 0 Å². The fourth-order valence-electron chi connectivity index (χ4n) is 1.14. The first-order valence-electron chi connectivity index (χ1n) is 4.83. The average Bonchev–Trinajstić information content (AvgIpc) is 2.28. The lowest BCUT2D eigenvalue weighted by atomic mass is 10.2. The number of rotatable bonds is 5. The van der Waals surface area contributed by atoms with Gasteiger partial charge < -0.3 is 5.32 Å². The summed E-state index contributed by atoms with van der Waals surface area (Å²) in [5.41, 5.74) is 0.648. The summed E-state index contributed by atoms with van der Waals surface area (Å²) in [4.78, 5) is 24.8. The summed E-state index contributed by atoms with van der Waals surface area (Å²) in [6.07, 6.45) is 1.36. The van der Waals surface area contributed by atoms with E-state index in [0.29, 0.717) is 5.69 Å². The first-order chi connectivity index (χ1) is 8.42. The molecule has 0 bridgehead atoms. The van der Waals surface area contributed by atoms with E-state index in [4.69, 9.17) is 4.55 Å². The average molecular weight is 270 g/mol. The Morgan fingerprint density at radius 2 is 1.94 bits per heavy atom. The van der Waals surface area contributed by atoms with Crippen molar-refractivity contribution in [1.29, 1.82) is 0 Å². The Morgan fingerprint density at radius 3 is 2.44 bits per heavy atom. The Bertz CT molecular complexity index is 573. The highest BCUT2D eigenvalue weighted by molar-refractivity contribution is 7.85. The molecule has 0 radical (unpaired) electrons. The highest BCUT2D eigenvalue weighted by atomic mass is 32.2. The molecule has 0 spiro atoms. The molecule has 0 aliphatic heterocycles. The van der Waals surface area contributed by atoms with Crippen LogP contribution in [0.15, 0.2) is 29.3 Å². The van der Waals surface area contributed by atoms with Gasteiger partial charge in [-0.2, -0.15) is 13.4 Å². The Hall–Kier alpha value is -2.02. The maximum Gasteiger partial charge on any atom is 0.266 e. The van der Waals surface area contributed by atoms with Crippen molar-refractivity contribution in [2.45, 2.75) is 0 Å². The summed E-state index contributed by atoms with van der Waals surface area (Å²) in [5.74, 6) is -1.04. The summed E-state index contributed by atoms with van der Waals surface area (Å²) >= 11 is 0. The van der Waals surface area contributed by atoms with Gasteiger partial charge in [0.15, 0.2) is 0 Å². The van der Waals surface area contributed by atoms with Crippen molar-refractivity contribution in [2.75, 3.05) is 12.3 Å². The van der Waals surface area contributed by atoms with Crippen molar-refractivity contribution < 1.29 is 22.6 Å². The fraction of sp³-hybridized carbons (Fsp3) is 0.200. The second-order valence-corrected chi connectivity index (χ2v) is 4.86. The Balaban J connectivity index is 2.59. The standard InChI is InChI=1S/C10H10N2O5S/c13-7-12-9-3-1-8(2-4-9)10(14)11-5-6-18(15,16)17/h1-4H,5-6H2,(H,11,14)(H,15,16,17). The van der Waals surface area contributed by atoms with E-state index >= 15 is 0 Å². The molecule has 0 atom stereocenters. The van der Waals surface area contributed by atoms with Gasteiger partial charge in [0.2, 0.25) is 6.08 Å². The predicted molar refractivity (Wildman–Crippen MR) is 63.0 cm³/mol. The predicted octanol–water partition coefficient (Wildman–Crippen LogP) is 0.272. The minimum absolute atomic E-state index is 0.189. The molecule has 0 saturated heterocycles. The minimum Gasteiger partial charge on any atom is -0.351 e. The van der Waals surface area contributed by atoms with Gasteiger partial charge in [0, 0.05) is 12.1 Å². The van der Waals surface area contributed by atoms with E-state index in [-0.39, 0.29) is 12.1 Å². The minimum atomic E-state index is -4.09. The van der Waals surface area contributed by atoms with E-state index in [2.05, 4.69) is 10.3 Å². The number of carbonyl (C=O) groups excluding carboxylic acids is 2. The molecule has 0 aliphatic carbocycles. The van der Waals surface area contributed by atoms with Crippen LogP contribution in [-0.4, -0.2) is 37.3 Å². The summed E-state index contributed by atoms with van der Waals surface area (Å²) in [5, 5.41) is 2.32. The number of carbonyl (C=O) groups is 1. The van der Waals surface area contributed by atoms with Crippen LogP contribution in [0.4, 0.5) is 5.69 Å². The van der Waals surface area contributed by atoms with Crippen LogP contribution in [0.1, 0.15) is 10.4 Å². The van der Waals surface area contributed by atoms with E-state index in [9.17, 15) is 18.0 Å². The van der Waals surface area contributed by atoms with Gasteiger partial charge in [0.25, 0.3) is 16.0 Å². The van der Waals surface area contributed by atoms with Crippen molar-refractivity contribution >= 4 is 27.8 Å². The zero-order chi connectivity index (χ0) is 13.6. The Morgan fingerprint density at radius 1 is 1.33 bits per heavy atom. The lowest BCUT2D eigenvalue weighted by Gasteiger charge is -2.03. The van der Waals surface area contributed by atoms with Crippen molar-refractivity contribution in [3.8, 4) is 0 Å². The van der Waals surface area contributed by atoms with Crippen molar-refractivity contribution in [3.63, 3.8) is 0 Å². The molecular weight excluding hydrogens is 260 g/mol. The highest BCUT2D eigenvalue weighted by Crippen LogP contribution is 2.11. The lowest BCUT2D eigenvalue weighted by Crippen LogP contribution is -2.28. The normalized spacial score (nSPS) is 10.5. The van der Waals surface area contributed by atoms with Crippen molar-refractivity contribution in [3.05, 3.63) is 29.8 Å². The topological polar surface area (TPSA) is 113 Å². The van der Waals surface area contributed by atoms with Gasteiger partial charge in [-0.1, -0.05) is 0 Å². The van der Waals surface area contributed by atoms with Gasteiger partial charge in [-0.05, 0) is 24.3 Å². The van der Waals surface area contributed by atoms with E-state index in [0.717, 1.165) is 0 Å². The maximum absolute atomic E-state index is 11.5. The van der Waals surface area contributed by atoms with Gasteiger partial charge in [0.1, 0.15) is 0 Å². The zero-order valence-electron chi connectivity index (χ0n) is 9.16. The number of nitrogens with one attached hydrogen (secondary N) is 1. The summed E-state index contributed by atoms with van der Waals surface area (Å²) in [6, 6.07) is 5.75. The fourth-order valence-corrected chi connectivity index (χ4v) is 1.50. The Kier molecular flexibility index (Phi) is 4.73. The van der Waals surface area contributed by atoms with Gasteiger partial charge in [-0.25, -0.2) is 4.79 Å². The molecule has 1 rings (SSSR count). The third-order valence-electron chi connectivity index (χ3n) is 1.95. The number of amides is 1. The monoisotopic (exact) mass is 270 g/mol. The molecule has 0 unspecified atom stereocenters. The second-order valence-electron chi connectivity index (χ2n) is 3.29. The highest BCUT2D eigenvalue weighted by Gasteiger charge is 2.08. The summed E-state index contributed by atoms with van der Waals surface area (Å²) < 4.78 is 29.3. The van der Waals surface area contributed by atoms with E-state index in [1.807, 2.05) is 0 Å². The summed E-state index contributed by atoms with van der Waals surface area (Å²) in [6.45, 7) is -0.189. The molecular formula is C10H10N2O5S. The third-order valence-corrected chi connectivity index (χ3v) is 2.67. The molecule has 0 fully saturated rings. The molecule has 2 N–H and O–H groups in total. The van der Waals surface area contributed by atoms with E-state index in [1.165, 1.54) is 30.3 Å². The molecule has 8 heteroatoms. The van der Waals surface area contributed by atoms with Crippen LogP contribution in [0, 0.1) is 0 Å². The first kappa shape index (κ1) is 14.0. The number of isocyanates is 1. The van der Waals surface area contributed by atoms with E-state index in [1.54, 1.807) is 0 Å². The summed E-state index contributed by atoms with van der Waals surface area (Å²) in [7, 11) is -4.09. The van der Waals surface area contributed by atoms with E-state index < -0.39 is 21.8 Å². The van der Waals surface area contributed by atoms with Gasteiger partial charge in [0.05, 0.1) is 11.4 Å². The Labute approximate surface area is 103 Å². The van der Waals surface area contributed by atoms with Crippen molar-refractivity contribution in [2.24, 2.45) is 4.99 Å². The van der Waals surface area contributed by atoms with Crippen LogP contribution in [0.2, 0.25) is 0 Å². The molecule has 0 aliphatic rings. The number of aliphatic imine (C=N–C) groups is 1. The van der Waals surface area contributed by atoms with Crippen LogP contribution in [0.5, 0.6) is 0 Å². The lowest BCUT2D eigenvalue weighted by molar-refractivity contribution is 0.0956. The van der Waals surface area contributed by atoms with Crippen LogP contribution in [0.25, 0.3) is 0 Å². The van der Waals surface area contributed by atoms with Gasteiger partial charge >= 0.3 is 0 Å². The maximum atomic E-state index is 11.5. The molecule has 0 aromatic heterocycles. The molecule has 7 nitrogen and oxygen atoms in total. The number of hydrogen-bond donors (Lipinski definition) is 2. The van der Waals surface area contributed by atoms with Crippen LogP contribution >= 0.6 is 0 Å². The molecule has 1 aromatic rings. The molecule has 1 amide bonds. The van der Waals surface area contributed by atoms with Crippen LogP contribution in [0.3, 0.4) is 0 Å². The molecule has 0 heterocycles. The largest absolute Gasteiger partial charge is 0.351 e. The zero-order valence-corrected chi connectivity index (χ0v) is 9.98. The molecule has 96 valence electrons. The third kappa shape index (κ3) is 4.88. The quantitative estimate of drug-likeness (QED) is 0.453. The number of hydrogen-bond acceptors (Lipinski definition) is 5. The van der Waals surface area contributed by atoms with Crippen molar-refractivity contribution in [1.82, 2.24) is 5.32 Å². The second kappa shape index (κ2) is 6.06. The molecule has 0 saturated carbocycles.